The molecule has 0 saturated carbocycles. The van der Waals surface area contributed by atoms with Gasteiger partial charge in [-0.15, -0.1) is 0 Å². The van der Waals surface area contributed by atoms with Crippen molar-refractivity contribution in [3.8, 4) is 11.5 Å². The van der Waals surface area contributed by atoms with Crippen molar-refractivity contribution in [2.45, 2.75) is 6.04 Å². The lowest BCUT2D eigenvalue weighted by Gasteiger charge is -2.13. The smallest absolute Gasteiger partial charge is 0.161 e. The zero-order valence-corrected chi connectivity index (χ0v) is 9.84. The molecule has 0 amide bonds. The van der Waals surface area contributed by atoms with Gasteiger partial charge in [0.15, 0.2) is 11.5 Å². The van der Waals surface area contributed by atoms with Gasteiger partial charge < -0.3 is 19.6 Å². The first kappa shape index (κ1) is 11.5. The van der Waals surface area contributed by atoms with Crippen molar-refractivity contribution in [3.05, 3.63) is 47.9 Å². The van der Waals surface area contributed by atoms with Gasteiger partial charge in [0.05, 0.1) is 26.5 Å². The Bertz CT molecular complexity index is 479. The fourth-order valence-electron chi connectivity index (χ4n) is 1.68. The molecular weight excluding hydrogens is 218 g/mol. The van der Waals surface area contributed by atoms with Crippen molar-refractivity contribution in [2.24, 2.45) is 5.73 Å². The van der Waals surface area contributed by atoms with Gasteiger partial charge in [0.25, 0.3) is 0 Å². The summed E-state index contributed by atoms with van der Waals surface area (Å²) >= 11 is 0. The molecule has 0 aliphatic carbocycles. The van der Waals surface area contributed by atoms with Crippen molar-refractivity contribution < 1.29 is 13.9 Å². The van der Waals surface area contributed by atoms with Crippen LogP contribution in [-0.2, 0) is 0 Å². The molecule has 90 valence electrons. The van der Waals surface area contributed by atoms with Gasteiger partial charge in [-0.05, 0) is 29.8 Å². The molecule has 0 unspecified atom stereocenters. The summed E-state index contributed by atoms with van der Waals surface area (Å²) in [6.07, 6.45) is 1.61. The number of rotatable bonds is 4. The average Bonchev–Trinajstić information content (AvgIpc) is 2.90. The molecule has 0 saturated heterocycles. The molecule has 0 radical (unpaired) electrons. The first-order valence-electron chi connectivity index (χ1n) is 5.27. The second-order valence-corrected chi connectivity index (χ2v) is 3.61. The van der Waals surface area contributed by atoms with E-state index in [1.807, 2.05) is 30.3 Å². The molecule has 1 atom stereocenters. The van der Waals surface area contributed by atoms with Gasteiger partial charge in [-0.25, -0.2) is 0 Å². The van der Waals surface area contributed by atoms with E-state index in [0.717, 1.165) is 11.3 Å². The van der Waals surface area contributed by atoms with Crippen LogP contribution in [0.5, 0.6) is 11.5 Å². The molecule has 0 fully saturated rings. The molecule has 0 aliphatic rings. The molecule has 1 heterocycles. The number of ether oxygens (including phenoxy) is 2. The SMILES string of the molecule is COc1ccc([C@@H](N)c2ccco2)cc1OC. The van der Waals surface area contributed by atoms with Gasteiger partial charge in [-0.3, -0.25) is 0 Å². The van der Waals surface area contributed by atoms with Crippen LogP contribution in [0.15, 0.2) is 41.0 Å². The monoisotopic (exact) mass is 233 g/mol. The Morgan fingerprint density at radius 2 is 1.88 bits per heavy atom. The van der Waals surface area contributed by atoms with E-state index in [9.17, 15) is 0 Å². The zero-order valence-electron chi connectivity index (χ0n) is 9.84. The summed E-state index contributed by atoms with van der Waals surface area (Å²) in [5.74, 6) is 2.06. The Kier molecular flexibility index (Phi) is 3.35. The fourth-order valence-corrected chi connectivity index (χ4v) is 1.68. The van der Waals surface area contributed by atoms with Gasteiger partial charge in [0.2, 0.25) is 0 Å². The highest BCUT2D eigenvalue weighted by molar-refractivity contribution is 5.44. The fraction of sp³-hybridized carbons (Fsp3) is 0.231. The van der Waals surface area contributed by atoms with Gasteiger partial charge in [-0.2, -0.15) is 0 Å². The van der Waals surface area contributed by atoms with Gasteiger partial charge in [-0.1, -0.05) is 6.07 Å². The van der Waals surface area contributed by atoms with Crippen molar-refractivity contribution in [1.82, 2.24) is 0 Å². The molecule has 0 spiro atoms. The summed E-state index contributed by atoms with van der Waals surface area (Å²) in [7, 11) is 3.20. The van der Waals surface area contributed by atoms with Crippen molar-refractivity contribution in [1.29, 1.82) is 0 Å². The quantitative estimate of drug-likeness (QED) is 0.880. The summed E-state index contributed by atoms with van der Waals surface area (Å²) in [5.41, 5.74) is 7.00. The minimum atomic E-state index is -0.301. The van der Waals surface area contributed by atoms with E-state index >= 15 is 0 Å². The maximum Gasteiger partial charge on any atom is 0.161 e. The molecule has 17 heavy (non-hydrogen) atoms. The Morgan fingerprint density at radius 3 is 2.47 bits per heavy atom. The highest BCUT2D eigenvalue weighted by atomic mass is 16.5. The van der Waals surface area contributed by atoms with Gasteiger partial charge in [0, 0.05) is 0 Å². The zero-order chi connectivity index (χ0) is 12.3. The minimum Gasteiger partial charge on any atom is -0.493 e. The lowest BCUT2D eigenvalue weighted by atomic mass is 10.0. The summed E-state index contributed by atoms with van der Waals surface area (Å²) in [5, 5.41) is 0. The van der Waals surface area contributed by atoms with E-state index in [4.69, 9.17) is 19.6 Å². The normalized spacial score (nSPS) is 12.2. The van der Waals surface area contributed by atoms with Crippen molar-refractivity contribution in [3.63, 3.8) is 0 Å². The van der Waals surface area contributed by atoms with E-state index in [-0.39, 0.29) is 6.04 Å². The Labute approximate surface area is 99.9 Å². The van der Waals surface area contributed by atoms with E-state index < -0.39 is 0 Å². The average molecular weight is 233 g/mol. The maximum atomic E-state index is 6.09. The number of hydrogen-bond acceptors (Lipinski definition) is 4. The third-order valence-corrected chi connectivity index (χ3v) is 2.62. The molecule has 1 aromatic carbocycles. The Morgan fingerprint density at radius 1 is 1.12 bits per heavy atom. The summed E-state index contributed by atoms with van der Waals surface area (Å²) in [6, 6.07) is 8.94. The molecule has 2 aromatic rings. The van der Waals surface area contributed by atoms with E-state index in [2.05, 4.69) is 0 Å². The first-order chi connectivity index (χ1) is 8.26. The van der Waals surface area contributed by atoms with Crippen molar-refractivity contribution >= 4 is 0 Å². The van der Waals surface area contributed by atoms with E-state index in [1.54, 1.807) is 20.5 Å². The lowest BCUT2D eigenvalue weighted by molar-refractivity contribution is 0.354. The maximum absolute atomic E-state index is 6.09. The molecule has 1 aromatic heterocycles. The second kappa shape index (κ2) is 4.93. The highest BCUT2D eigenvalue weighted by Gasteiger charge is 2.14. The van der Waals surface area contributed by atoms with Crippen LogP contribution in [0.3, 0.4) is 0 Å². The largest absolute Gasteiger partial charge is 0.493 e. The van der Waals surface area contributed by atoms with Crippen molar-refractivity contribution in [2.75, 3.05) is 14.2 Å². The van der Waals surface area contributed by atoms with E-state index in [0.29, 0.717) is 11.5 Å². The number of hydrogen-bond donors (Lipinski definition) is 1. The standard InChI is InChI=1S/C13H15NO3/c1-15-10-6-5-9(8-12(10)16-2)13(14)11-4-3-7-17-11/h3-8,13H,14H2,1-2H3/t13-/m1/s1. The molecular formula is C13H15NO3. The predicted octanol–water partition coefficient (Wildman–Crippen LogP) is 2.34. The number of benzene rings is 1. The van der Waals surface area contributed by atoms with E-state index in [1.165, 1.54) is 0 Å². The van der Waals surface area contributed by atoms with Crippen LogP contribution in [0.25, 0.3) is 0 Å². The number of nitrogens with two attached hydrogens (primary N) is 1. The minimum absolute atomic E-state index is 0.301. The van der Waals surface area contributed by atoms with Crippen LogP contribution in [0.1, 0.15) is 17.4 Å². The molecule has 4 nitrogen and oxygen atoms in total. The Balaban J connectivity index is 2.33. The molecule has 0 aliphatic heterocycles. The van der Waals surface area contributed by atoms with Crippen LogP contribution in [0.2, 0.25) is 0 Å². The van der Waals surface area contributed by atoms with Gasteiger partial charge >= 0.3 is 0 Å². The van der Waals surface area contributed by atoms with Crippen LogP contribution >= 0.6 is 0 Å². The molecule has 2 N–H and O–H groups in total. The molecule has 0 bridgehead atoms. The number of furan rings is 1. The third kappa shape index (κ3) is 2.26. The van der Waals surface area contributed by atoms with Crippen LogP contribution in [-0.4, -0.2) is 14.2 Å². The first-order valence-corrected chi connectivity index (χ1v) is 5.27. The summed E-state index contributed by atoms with van der Waals surface area (Å²) in [4.78, 5) is 0. The predicted molar refractivity (Wildman–Crippen MR) is 64.3 cm³/mol. The number of methoxy groups -OCH3 is 2. The lowest BCUT2D eigenvalue weighted by Crippen LogP contribution is -2.11. The summed E-state index contributed by atoms with van der Waals surface area (Å²) < 4.78 is 15.7. The van der Waals surface area contributed by atoms with Crippen LogP contribution < -0.4 is 15.2 Å². The Hall–Kier alpha value is -1.94. The third-order valence-electron chi connectivity index (χ3n) is 2.62. The molecule has 2 rings (SSSR count). The van der Waals surface area contributed by atoms with Crippen LogP contribution in [0, 0.1) is 0 Å². The summed E-state index contributed by atoms with van der Waals surface area (Å²) in [6.45, 7) is 0. The molecule has 4 heteroatoms. The second-order valence-electron chi connectivity index (χ2n) is 3.61. The van der Waals surface area contributed by atoms with Gasteiger partial charge in [0.1, 0.15) is 5.76 Å². The van der Waals surface area contributed by atoms with Crippen LogP contribution in [0.4, 0.5) is 0 Å². The highest BCUT2D eigenvalue weighted by Crippen LogP contribution is 2.31. The topological polar surface area (TPSA) is 57.6 Å².